The van der Waals surface area contributed by atoms with Crippen LogP contribution >= 0.6 is 11.6 Å². The van der Waals surface area contributed by atoms with E-state index in [2.05, 4.69) is 34.8 Å². The fraction of sp³-hybridized carbons (Fsp3) is 0.548. The van der Waals surface area contributed by atoms with Crippen LogP contribution in [0.5, 0.6) is 6.01 Å². The lowest BCUT2D eigenvalue weighted by atomic mass is 9.65. The standard InChI is InChI=1S/C31H40ClN7O3/c1-4-25(40)39-14-13-38(17-21(39)16-33)28-27-24(34-30(36-28)42-18-20-7-6-12-37(20)3)15-31(29(41)35-27)11-5-8-22-23(31)10-9-19(2)26(22)32/h4,9-10,20-21H,1,5-8,11-18,33H2,2-3H3,(H,35,41)/t20-,21-,31?/m0/s1. The number of ether oxygens (including phenoxy) is 1. The predicted molar refractivity (Wildman–Crippen MR) is 163 cm³/mol. The first-order chi connectivity index (χ1) is 20.3. The van der Waals surface area contributed by atoms with E-state index in [0.717, 1.165) is 59.6 Å². The SMILES string of the molecule is C=CC(=O)N1CCN(c2nc(OC[C@@H]3CCCN3C)nc3c2NC(=O)C2(CCCc4c2ccc(C)c4Cl)C3)C[C@@H]1CN. The third kappa shape index (κ3) is 4.93. The molecular formula is C31H40ClN7O3. The van der Waals surface area contributed by atoms with Crippen LogP contribution in [0.1, 0.15) is 48.1 Å². The van der Waals surface area contributed by atoms with Gasteiger partial charge in [-0.15, -0.1) is 0 Å². The summed E-state index contributed by atoms with van der Waals surface area (Å²) >= 11 is 6.77. The zero-order chi connectivity index (χ0) is 29.6. The Labute approximate surface area is 252 Å². The molecule has 224 valence electrons. The molecule has 4 heterocycles. The number of amides is 2. The van der Waals surface area contributed by atoms with Gasteiger partial charge in [0.2, 0.25) is 11.8 Å². The van der Waals surface area contributed by atoms with E-state index in [1.807, 2.05) is 13.0 Å². The van der Waals surface area contributed by atoms with Crippen LogP contribution in [0.3, 0.4) is 0 Å². The number of carbonyl (C=O) groups is 2. The molecule has 6 rings (SSSR count). The number of carbonyl (C=O) groups excluding carboxylic acids is 2. The molecule has 0 saturated carbocycles. The summed E-state index contributed by atoms with van der Waals surface area (Å²) in [6, 6.07) is 4.48. The van der Waals surface area contributed by atoms with Gasteiger partial charge in [0, 0.05) is 43.7 Å². The number of hydrogen-bond donors (Lipinski definition) is 2. The van der Waals surface area contributed by atoms with Gasteiger partial charge in [0.25, 0.3) is 0 Å². The Balaban J connectivity index is 1.39. The number of anilines is 2. The van der Waals surface area contributed by atoms with E-state index in [4.69, 9.17) is 32.0 Å². The number of piperazine rings is 1. The average Bonchev–Trinajstić information content (AvgIpc) is 3.42. The number of likely N-dealkylation sites (tertiary alicyclic amines) is 1. The number of fused-ring (bicyclic) bond motifs is 3. The Morgan fingerprint density at radius 2 is 2.10 bits per heavy atom. The van der Waals surface area contributed by atoms with Gasteiger partial charge in [0.05, 0.1) is 17.2 Å². The summed E-state index contributed by atoms with van der Waals surface area (Å²) in [6.07, 6.45) is 6.41. The molecule has 3 aliphatic heterocycles. The first kappa shape index (κ1) is 28.9. The van der Waals surface area contributed by atoms with Crippen LogP contribution in [-0.4, -0.2) is 90.0 Å². The van der Waals surface area contributed by atoms with E-state index in [1.165, 1.54) is 6.08 Å². The molecule has 1 spiro atoms. The van der Waals surface area contributed by atoms with Crippen LogP contribution in [0, 0.1) is 6.92 Å². The smallest absolute Gasteiger partial charge is 0.318 e. The van der Waals surface area contributed by atoms with Crippen LogP contribution in [-0.2, 0) is 27.8 Å². The Hall–Kier alpha value is -3.21. The molecular weight excluding hydrogens is 554 g/mol. The number of benzene rings is 1. The highest BCUT2D eigenvalue weighted by Gasteiger charge is 2.49. The number of halogens is 1. The highest BCUT2D eigenvalue weighted by atomic mass is 35.5. The number of nitrogens with two attached hydrogens (primary N) is 1. The van der Waals surface area contributed by atoms with Crippen LogP contribution < -0.4 is 20.7 Å². The fourth-order valence-corrected chi connectivity index (χ4v) is 7.45. The van der Waals surface area contributed by atoms with E-state index in [1.54, 1.807) is 4.90 Å². The second kappa shape index (κ2) is 11.5. The Morgan fingerprint density at radius 3 is 2.83 bits per heavy atom. The topological polar surface area (TPSA) is 117 Å². The minimum Gasteiger partial charge on any atom is -0.462 e. The van der Waals surface area contributed by atoms with E-state index in [-0.39, 0.29) is 17.9 Å². The molecule has 3 N–H and O–H groups in total. The van der Waals surface area contributed by atoms with Gasteiger partial charge in [0.15, 0.2) is 5.82 Å². The number of nitrogens with zero attached hydrogens (tertiary/aromatic N) is 5. The Bertz CT molecular complexity index is 1420. The lowest BCUT2D eigenvalue weighted by Gasteiger charge is -2.44. The molecule has 42 heavy (non-hydrogen) atoms. The van der Waals surface area contributed by atoms with Gasteiger partial charge in [-0.25, -0.2) is 0 Å². The minimum atomic E-state index is -0.763. The van der Waals surface area contributed by atoms with Crippen molar-refractivity contribution in [3.05, 3.63) is 52.2 Å². The lowest BCUT2D eigenvalue weighted by Crippen LogP contribution is -2.58. The molecule has 2 aromatic rings. The average molecular weight is 594 g/mol. The van der Waals surface area contributed by atoms with Gasteiger partial charge in [-0.1, -0.05) is 30.3 Å². The Kier molecular flexibility index (Phi) is 7.89. The van der Waals surface area contributed by atoms with Crippen LogP contribution in [0.2, 0.25) is 5.02 Å². The number of hydrogen-bond acceptors (Lipinski definition) is 8. The third-order valence-electron chi connectivity index (χ3n) is 9.66. The lowest BCUT2D eigenvalue weighted by molar-refractivity contribution is -0.128. The van der Waals surface area contributed by atoms with Gasteiger partial charge in [-0.05, 0) is 75.4 Å². The third-order valence-corrected chi connectivity index (χ3v) is 10.2. The molecule has 11 heteroatoms. The molecule has 0 bridgehead atoms. The maximum Gasteiger partial charge on any atom is 0.318 e. The van der Waals surface area contributed by atoms with Crippen molar-refractivity contribution in [3.63, 3.8) is 0 Å². The van der Waals surface area contributed by atoms with E-state index in [9.17, 15) is 9.59 Å². The largest absolute Gasteiger partial charge is 0.462 e. The summed E-state index contributed by atoms with van der Waals surface area (Å²) in [5.74, 6) is 0.414. The number of rotatable bonds is 6. The normalized spacial score (nSPS) is 25.7. The van der Waals surface area contributed by atoms with Gasteiger partial charge in [0.1, 0.15) is 12.3 Å². The molecule has 1 aliphatic carbocycles. The number of likely N-dealkylation sites (N-methyl/N-ethyl adjacent to an activating group) is 1. The van der Waals surface area contributed by atoms with Crippen molar-refractivity contribution in [1.82, 2.24) is 19.8 Å². The van der Waals surface area contributed by atoms with Crippen molar-refractivity contribution in [2.75, 3.05) is 56.6 Å². The van der Waals surface area contributed by atoms with Gasteiger partial charge in [-0.3, -0.25) is 9.59 Å². The number of aryl methyl sites for hydroxylation is 1. The van der Waals surface area contributed by atoms with Gasteiger partial charge >= 0.3 is 6.01 Å². The maximum atomic E-state index is 14.1. The highest BCUT2D eigenvalue weighted by Crippen LogP contribution is 2.48. The van der Waals surface area contributed by atoms with E-state index >= 15 is 0 Å². The van der Waals surface area contributed by atoms with Crippen molar-refractivity contribution in [2.45, 2.75) is 62.9 Å². The van der Waals surface area contributed by atoms with Crippen LogP contribution in [0.15, 0.2) is 24.8 Å². The molecule has 2 saturated heterocycles. The summed E-state index contributed by atoms with van der Waals surface area (Å²) in [5.41, 5.74) is 9.78. The fourth-order valence-electron chi connectivity index (χ4n) is 7.19. The maximum absolute atomic E-state index is 14.1. The molecule has 2 amide bonds. The minimum absolute atomic E-state index is 0.0576. The van der Waals surface area contributed by atoms with E-state index < -0.39 is 5.41 Å². The molecule has 1 unspecified atom stereocenters. The monoisotopic (exact) mass is 593 g/mol. The summed E-state index contributed by atoms with van der Waals surface area (Å²) < 4.78 is 6.27. The molecule has 2 fully saturated rings. The number of aromatic nitrogens is 2. The van der Waals surface area contributed by atoms with Crippen molar-refractivity contribution >= 4 is 34.9 Å². The van der Waals surface area contributed by atoms with E-state index in [0.29, 0.717) is 69.2 Å². The first-order valence-electron chi connectivity index (χ1n) is 15.0. The van der Waals surface area contributed by atoms with Crippen molar-refractivity contribution in [1.29, 1.82) is 0 Å². The predicted octanol–water partition coefficient (Wildman–Crippen LogP) is 2.84. The van der Waals surface area contributed by atoms with Crippen LogP contribution in [0.25, 0.3) is 0 Å². The van der Waals surface area contributed by atoms with Crippen LogP contribution in [0.4, 0.5) is 11.5 Å². The molecule has 4 aliphatic rings. The van der Waals surface area contributed by atoms with Crippen molar-refractivity contribution in [3.8, 4) is 6.01 Å². The first-order valence-corrected chi connectivity index (χ1v) is 15.4. The molecule has 0 radical (unpaired) electrons. The summed E-state index contributed by atoms with van der Waals surface area (Å²) in [6.45, 7) is 8.97. The zero-order valence-corrected chi connectivity index (χ0v) is 25.3. The summed E-state index contributed by atoms with van der Waals surface area (Å²) in [7, 11) is 2.11. The number of nitrogens with one attached hydrogen (secondary N) is 1. The summed E-state index contributed by atoms with van der Waals surface area (Å²) in [5, 5.41) is 3.98. The summed E-state index contributed by atoms with van der Waals surface area (Å²) in [4.78, 5) is 42.5. The second-order valence-electron chi connectivity index (χ2n) is 12.1. The zero-order valence-electron chi connectivity index (χ0n) is 24.5. The Morgan fingerprint density at radius 1 is 1.26 bits per heavy atom. The van der Waals surface area contributed by atoms with Gasteiger partial charge in [-0.2, -0.15) is 9.97 Å². The second-order valence-corrected chi connectivity index (χ2v) is 12.5. The molecule has 10 nitrogen and oxygen atoms in total. The molecule has 1 aromatic carbocycles. The molecule has 1 aromatic heterocycles. The quantitative estimate of drug-likeness (QED) is 0.491. The van der Waals surface area contributed by atoms with Crippen molar-refractivity contribution in [2.24, 2.45) is 5.73 Å². The van der Waals surface area contributed by atoms with Crippen molar-refractivity contribution < 1.29 is 14.3 Å². The van der Waals surface area contributed by atoms with Gasteiger partial charge < -0.3 is 30.5 Å². The highest BCUT2D eigenvalue weighted by molar-refractivity contribution is 6.32. The molecule has 3 atom stereocenters.